The molecule has 276 valence electrons. The largest absolute Gasteiger partial charge is 0.453 e. The van der Waals surface area contributed by atoms with E-state index in [4.69, 9.17) is 9.47 Å². The molecule has 3 rings (SSSR count). The number of benzene rings is 2. The zero-order chi connectivity index (χ0) is 37.8. The lowest BCUT2D eigenvalue weighted by molar-refractivity contribution is -0.132. The molecule has 1 aromatic heterocycles. The molecule has 4 atom stereocenters. The number of hydrazine groups is 1. The van der Waals surface area contributed by atoms with Crippen LogP contribution >= 0.6 is 0 Å². The van der Waals surface area contributed by atoms with Crippen LogP contribution in [0, 0.1) is 10.8 Å². The number of aliphatic hydroxyl groups excluding tert-OH is 1. The maximum Gasteiger partial charge on any atom is 0.407 e. The van der Waals surface area contributed by atoms with Gasteiger partial charge in [-0.15, -0.1) is 0 Å². The average Bonchev–Trinajstić information content (AvgIpc) is 3.08. The SMILES string of the molecule is COC(=O)N[C@H](C(=O)N[C@@H](Cc1ccccc1)[C@H](O)CN(Cc1ccc(-c2ccccn2)cc1)NC(=O)[C@@H](NC(=O)OC)C(C)(C)C)C(C)(C)C. The lowest BCUT2D eigenvalue weighted by Crippen LogP contribution is -2.60. The van der Waals surface area contributed by atoms with Gasteiger partial charge in [0.15, 0.2) is 0 Å². The zero-order valence-corrected chi connectivity index (χ0v) is 30.7. The minimum absolute atomic E-state index is 0.120. The molecule has 0 saturated carbocycles. The third-order valence-corrected chi connectivity index (χ3v) is 8.21. The number of methoxy groups -OCH3 is 2. The number of ether oxygens (including phenoxy) is 2. The molecule has 0 radical (unpaired) electrons. The summed E-state index contributed by atoms with van der Waals surface area (Å²) in [4.78, 5) is 56.3. The van der Waals surface area contributed by atoms with Crippen LogP contribution in [0.1, 0.15) is 52.7 Å². The van der Waals surface area contributed by atoms with Gasteiger partial charge in [-0.1, -0.05) is 102 Å². The monoisotopic (exact) mass is 704 g/mol. The molecule has 3 aromatic rings. The Bertz CT molecular complexity index is 1570. The fraction of sp³-hybridized carbons (Fsp3) is 0.447. The number of aliphatic hydroxyl groups is 1. The first-order chi connectivity index (χ1) is 24.0. The highest BCUT2D eigenvalue weighted by atomic mass is 16.5. The Hall–Kier alpha value is -5.01. The molecule has 0 spiro atoms. The molecule has 0 aliphatic carbocycles. The van der Waals surface area contributed by atoms with Gasteiger partial charge < -0.3 is 30.5 Å². The Morgan fingerprint density at radius 3 is 1.78 bits per heavy atom. The van der Waals surface area contributed by atoms with Gasteiger partial charge in [-0.3, -0.25) is 20.0 Å². The molecule has 0 bridgehead atoms. The molecule has 0 aliphatic rings. The highest BCUT2D eigenvalue weighted by Gasteiger charge is 2.37. The van der Waals surface area contributed by atoms with Crippen molar-refractivity contribution >= 4 is 24.0 Å². The van der Waals surface area contributed by atoms with Gasteiger partial charge in [0, 0.05) is 24.8 Å². The standard InChI is InChI=1S/C38H52N6O7/c1-37(2,3)31(41-35(48)50-7)33(46)40-29(22-25-14-10-9-11-15-25)30(45)24-44(43-34(47)32(38(4,5)6)42-36(49)51-8)23-26-17-19-27(20-18-26)28-16-12-13-21-39-28/h9-21,29-32,45H,22-24H2,1-8H3,(H,40,46)(H,41,48)(H,42,49)(H,43,47)/t29-,30+,31+,32+/m0/s1. The van der Waals surface area contributed by atoms with Gasteiger partial charge in [0.05, 0.1) is 32.1 Å². The zero-order valence-electron chi connectivity index (χ0n) is 30.7. The van der Waals surface area contributed by atoms with Crippen molar-refractivity contribution in [3.8, 4) is 11.3 Å². The number of hydrogen-bond donors (Lipinski definition) is 5. The van der Waals surface area contributed by atoms with Crippen LogP contribution in [0.4, 0.5) is 9.59 Å². The lowest BCUT2D eigenvalue weighted by atomic mass is 9.85. The van der Waals surface area contributed by atoms with Gasteiger partial charge in [0.1, 0.15) is 12.1 Å². The van der Waals surface area contributed by atoms with E-state index in [-0.39, 0.29) is 19.5 Å². The van der Waals surface area contributed by atoms with Gasteiger partial charge in [-0.25, -0.2) is 14.6 Å². The first-order valence-corrected chi connectivity index (χ1v) is 16.8. The molecular weight excluding hydrogens is 652 g/mol. The Kier molecular flexibility index (Phi) is 14.5. The van der Waals surface area contributed by atoms with Crippen molar-refractivity contribution < 1.29 is 33.8 Å². The predicted molar refractivity (Wildman–Crippen MR) is 194 cm³/mol. The number of nitrogens with zero attached hydrogens (tertiary/aromatic N) is 2. The number of carbonyl (C=O) groups excluding carboxylic acids is 4. The molecular formula is C38H52N6O7. The maximum absolute atomic E-state index is 13.8. The molecule has 51 heavy (non-hydrogen) atoms. The fourth-order valence-electron chi connectivity index (χ4n) is 5.38. The molecule has 4 amide bonds. The van der Waals surface area contributed by atoms with Crippen molar-refractivity contribution in [3.05, 3.63) is 90.1 Å². The predicted octanol–water partition coefficient (Wildman–Crippen LogP) is 4.21. The maximum atomic E-state index is 13.8. The Balaban J connectivity index is 1.96. The summed E-state index contributed by atoms with van der Waals surface area (Å²) in [5.41, 5.74) is 4.88. The van der Waals surface area contributed by atoms with Crippen LogP contribution in [0.5, 0.6) is 0 Å². The van der Waals surface area contributed by atoms with E-state index in [0.29, 0.717) is 0 Å². The summed E-state index contributed by atoms with van der Waals surface area (Å²) in [6, 6.07) is 19.8. The minimum atomic E-state index is -1.22. The fourth-order valence-corrected chi connectivity index (χ4v) is 5.38. The first-order valence-electron chi connectivity index (χ1n) is 16.8. The molecule has 13 nitrogen and oxygen atoms in total. The third-order valence-electron chi connectivity index (χ3n) is 8.21. The quantitative estimate of drug-likeness (QED) is 0.154. The summed E-state index contributed by atoms with van der Waals surface area (Å²) in [7, 11) is 2.44. The van der Waals surface area contributed by atoms with E-state index in [1.165, 1.54) is 14.2 Å². The Morgan fingerprint density at radius 2 is 1.27 bits per heavy atom. The summed E-state index contributed by atoms with van der Waals surface area (Å²) in [5.74, 6) is -1.03. The van der Waals surface area contributed by atoms with E-state index in [2.05, 4.69) is 26.4 Å². The van der Waals surface area contributed by atoms with E-state index in [1.807, 2.05) is 93.6 Å². The molecule has 0 fully saturated rings. The van der Waals surface area contributed by atoms with Crippen LogP contribution < -0.4 is 21.4 Å². The van der Waals surface area contributed by atoms with Crippen LogP contribution in [-0.2, 0) is 32.0 Å². The third kappa shape index (κ3) is 12.7. The van der Waals surface area contributed by atoms with Gasteiger partial charge in [-0.2, -0.15) is 0 Å². The van der Waals surface area contributed by atoms with Crippen molar-refractivity contribution in [2.24, 2.45) is 10.8 Å². The Morgan fingerprint density at radius 1 is 0.725 bits per heavy atom. The lowest BCUT2D eigenvalue weighted by Gasteiger charge is -2.35. The molecule has 2 aromatic carbocycles. The van der Waals surface area contributed by atoms with Gasteiger partial charge in [-0.05, 0) is 40.5 Å². The Labute approximate surface area is 300 Å². The van der Waals surface area contributed by atoms with E-state index in [9.17, 15) is 24.3 Å². The van der Waals surface area contributed by atoms with Gasteiger partial charge in [0.25, 0.3) is 5.91 Å². The highest BCUT2D eigenvalue weighted by Crippen LogP contribution is 2.23. The van der Waals surface area contributed by atoms with Gasteiger partial charge >= 0.3 is 12.2 Å². The van der Waals surface area contributed by atoms with Crippen molar-refractivity contribution in [2.45, 2.75) is 78.7 Å². The van der Waals surface area contributed by atoms with Crippen LogP contribution in [0.2, 0.25) is 0 Å². The number of rotatable bonds is 14. The summed E-state index contributed by atoms with van der Waals surface area (Å²) in [6.45, 7) is 10.9. The van der Waals surface area contributed by atoms with Crippen LogP contribution in [0.15, 0.2) is 79.0 Å². The summed E-state index contributed by atoms with van der Waals surface area (Å²) >= 11 is 0. The second kappa shape index (κ2) is 18.3. The second-order valence-electron chi connectivity index (χ2n) is 14.5. The van der Waals surface area contributed by atoms with Gasteiger partial charge in [0.2, 0.25) is 5.91 Å². The van der Waals surface area contributed by atoms with E-state index < -0.39 is 59.1 Å². The number of pyridine rings is 1. The number of aromatic nitrogens is 1. The smallest absolute Gasteiger partial charge is 0.407 e. The van der Waals surface area contributed by atoms with Crippen LogP contribution in [0.25, 0.3) is 11.3 Å². The summed E-state index contributed by atoms with van der Waals surface area (Å²) < 4.78 is 9.54. The molecule has 0 saturated heterocycles. The molecule has 0 aliphatic heterocycles. The van der Waals surface area contributed by atoms with Crippen molar-refractivity contribution in [2.75, 3.05) is 20.8 Å². The number of nitrogens with one attached hydrogen (secondary N) is 4. The average molecular weight is 705 g/mol. The number of hydrogen-bond acceptors (Lipinski definition) is 9. The molecule has 5 N–H and O–H groups in total. The van der Waals surface area contributed by atoms with E-state index in [1.54, 1.807) is 32.0 Å². The number of alkyl carbamates (subject to hydrolysis) is 2. The highest BCUT2D eigenvalue weighted by molar-refractivity contribution is 5.87. The van der Waals surface area contributed by atoms with Crippen LogP contribution in [0.3, 0.4) is 0 Å². The normalized spacial score (nSPS) is 14.0. The first kappa shape index (κ1) is 40.4. The minimum Gasteiger partial charge on any atom is -0.453 e. The van der Waals surface area contributed by atoms with E-state index >= 15 is 0 Å². The summed E-state index contributed by atoms with van der Waals surface area (Å²) in [6.07, 6.45) is -0.778. The topological polar surface area (TPSA) is 171 Å². The second-order valence-corrected chi connectivity index (χ2v) is 14.5. The van der Waals surface area contributed by atoms with Crippen molar-refractivity contribution in [3.63, 3.8) is 0 Å². The van der Waals surface area contributed by atoms with Crippen molar-refractivity contribution in [1.29, 1.82) is 0 Å². The molecule has 13 heteroatoms. The summed E-state index contributed by atoms with van der Waals surface area (Å²) in [5, 5.41) is 21.6. The van der Waals surface area contributed by atoms with Crippen LogP contribution in [-0.4, -0.2) is 84.1 Å². The number of carbonyl (C=O) groups is 4. The molecule has 0 unspecified atom stereocenters. The molecule has 1 heterocycles. The number of amides is 4. The van der Waals surface area contributed by atoms with Crippen molar-refractivity contribution in [1.82, 2.24) is 31.4 Å². The van der Waals surface area contributed by atoms with E-state index in [0.717, 1.165) is 22.4 Å².